The van der Waals surface area contributed by atoms with Gasteiger partial charge < -0.3 is 5.32 Å². The van der Waals surface area contributed by atoms with E-state index in [2.05, 4.69) is 49.6 Å². The maximum absolute atomic E-state index is 3.78. The fourth-order valence-electron chi connectivity index (χ4n) is 5.19. The second kappa shape index (κ2) is 6.52. The molecule has 1 N–H and O–H groups in total. The van der Waals surface area contributed by atoms with Crippen molar-refractivity contribution in [3.63, 3.8) is 0 Å². The van der Waals surface area contributed by atoms with Gasteiger partial charge in [0.05, 0.1) is 0 Å². The van der Waals surface area contributed by atoms with Crippen LogP contribution in [-0.2, 0) is 5.41 Å². The summed E-state index contributed by atoms with van der Waals surface area (Å²) in [5.74, 6) is 1.80. The number of hydrogen-bond donors (Lipinski definition) is 1. The van der Waals surface area contributed by atoms with E-state index in [9.17, 15) is 0 Å². The first-order chi connectivity index (χ1) is 10.3. The zero-order valence-electron chi connectivity index (χ0n) is 13.8. The zero-order valence-corrected chi connectivity index (χ0v) is 13.8. The van der Waals surface area contributed by atoms with Crippen LogP contribution < -0.4 is 5.32 Å². The number of benzene rings is 1. The van der Waals surface area contributed by atoms with Crippen LogP contribution in [0.25, 0.3) is 0 Å². The molecule has 0 amide bonds. The van der Waals surface area contributed by atoms with E-state index in [0.29, 0.717) is 11.5 Å². The second-order valence-corrected chi connectivity index (χ2v) is 7.26. The third-order valence-electron chi connectivity index (χ3n) is 6.42. The molecule has 0 saturated heterocycles. The minimum Gasteiger partial charge on any atom is -0.316 e. The van der Waals surface area contributed by atoms with Crippen molar-refractivity contribution in [3.8, 4) is 0 Å². The van der Waals surface area contributed by atoms with Crippen LogP contribution in [0.3, 0.4) is 0 Å². The van der Waals surface area contributed by atoms with E-state index in [0.717, 1.165) is 11.8 Å². The molecule has 0 aliphatic heterocycles. The fraction of sp³-hybridized carbons (Fsp3) is 0.700. The lowest BCUT2D eigenvalue weighted by molar-refractivity contribution is 0.0753. The fourth-order valence-corrected chi connectivity index (χ4v) is 5.19. The highest BCUT2D eigenvalue weighted by molar-refractivity contribution is 5.31. The lowest BCUT2D eigenvalue weighted by Gasteiger charge is -2.53. The first-order valence-corrected chi connectivity index (χ1v) is 9.04. The molecule has 3 unspecified atom stereocenters. The third-order valence-corrected chi connectivity index (χ3v) is 6.42. The number of hydrogen-bond acceptors (Lipinski definition) is 1. The molecule has 1 nitrogen and oxygen atoms in total. The van der Waals surface area contributed by atoms with Crippen LogP contribution in [0, 0.1) is 11.8 Å². The normalized spacial score (nSPS) is 29.6. The van der Waals surface area contributed by atoms with Gasteiger partial charge in [0.15, 0.2) is 0 Å². The third kappa shape index (κ3) is 2.65. The highest BCUT2D eigenvalue weighted by Crippen LogP contribution is 2.51. The van der Waals surface area contributed by atoms with E-state index < -0.39 is 0 Å². The highest BCUT2D eigenvalue weighted by Gasteiger charge is 2.49. The van der Waals surface area contributed by atoms with E-state index in [4.69, 9.17) is 0 Å². The van der Waals surface area contributed by atoms with Gasteiger partial charge in [0.2, 0.25) is 0 Å². The van der Waals surface area contributed by atoms with Gasteiger partial charge in [-0.15, -0.1) is 0 Å². The molecule has 0 heterocycles. The quantitative estimate of drug-likeness (QED) is 0.810. The van der Waals surface area contributed by atoms with Gasteiger partial charge in [-0.1, -0.05) is 69.4 Å². The minimum absolute atomic E-state index is 0.408. The first kappa shape index (κ1) is 15.1. The molecule has 0 bridgehead atoms. The maximum Gasteiger partial charge on any atom is 0.0192 e. The van der Waals surface area contributed by atoms with Crippen LogP contribution in [0.15, 0.2) is 30.3 Å². The van der Waals surface area contributed by atoms with Crippen molar-refractivity contribution in [1.82, 2.24) is 5.32 Å². The lowest BCUT2D eigenvalue weighted by atomic mass is 9.54. The zero-order chi connectivity index (χ0) is 14.7. The van der Waals surface area contributed by atoms with E-state index in [1.165, 1.54) is 51.4 Å². The summed E-state index contributed by atoms with van der Waals surface area (Å²) >= 11 is 0. The van der Waals surface area contributed by atoms with Gasteiger partial charge in [-0.05, 0) is 43.7 Å². The molecule has 0 aromatic heterocycles. The molecule has 0 spiro atoms. The Morgan fingerprint density at radius 1 is 1.10 bits per heavy atom. The van der Waals surface area contributed by atoms with Crippen LogP contribution in [0.5, 0.6) is 0 Å². The predicted molar refractivity (Wildman–Crippen MR) is 90.6 cm³/mol. The molecule has 2 saturated carbocycles. The Morgan fingerprint density at radius 2 is 1.81 bits per heavy atom. The van der Waals surface area contributed by atoms with Gasteiger partial charge in [0.1, 0.15) is 0 Å². The van der Waals surface area contributed by atoms with Crippen molar-refractivity contribution in [3.05, 3.63) is 35.9 Å². The monoisotopic (exact) mass is 285 g/mol. The number of rotatable bonds is 5. The van der Waals surface area contributed by atoms with Gasteiger partial charge >= 0.3 is 0 Å². The summed E-state index contributed by atoms with van der Waals surface area (Å²) in [6, 6.07) is 12.0. The van der Waals surface area contributed by atoms with Crippen molar-refractivity contribution < 1.29 is 0 Å². The first-order valence-electron chi connectivity index (χ1n) is 9.04. The molecule has 2 fully saturated rings. The Hall–Kier alpha value is -0.820. The van der Waals surface area contributed by atoms with Crippen molar-refractivity contribution >= 4 is 0 Å². The highest BCUT2D eigenvalue weighted by atomic mass is 14.9. The van der Waals surface area contributed by atoms with Crippen molar-refractivity contribution in [2.24, 2.45) is 11.8 Å². The average Bonchev–Trinajstić information content (AvgIpc) is 2.51. The molecule has 2 aliphatic rings. The summed E-state index contributed by atoms with van der Waals surface area (Å²) in [5, 5.41) is 3.78. The average molecular weight is 285 g/mol. The van der Waals surface area contributed by atoms with Crippen LogP contribution in [0.1, 0.15) is 63.9 Å². The molecular weight excluding hydrogens is 254 g/mol. The van der Waals surface area contributed by atoms with E-state index >= 15 is 0 Å². The molecule has 21 heavy (non-hydrogen) atoms. The summed E-state index contributed by atoms with van der Waals surface area (Å²) in [6.07, 6.45) is 11.3. The molecular formula is C20H31N. The Kier molecular flexibility index (Phi) is 4.69. The van der Waals surface area contributed by atoms with Gasteiger partial charge in [0.25, 0.3) is 0 Å². The number of nitrogens with one attached hydrogen (secondary N) is 1. The maximum atomic E-state index is 3.78. The summed E-state index contributed by atoms with van der Waals surface area (Å²) in [6.45, 7) is 2.39. The van der Waals surface area contributed by atoms with Crippen molar-refractivity contribution in [2.45, 2.75) is 69.7 Å². The molecule has 3 rings (SSSR count). The van der Waals surface area contributed by atoms with Gasteiger partial charge in [-0.25, -0.2) is 0 Å². The Balaban J connectivity index is 1.90. The van der Waals surface area contributed by atoms with Gasteiger partial charge in [0, 0.05) is 11.5 Å². The standard InChI is InChI=1S/C20H31N/c1-3-16-10-7-8-13-18(16)19(21-2)20(14-9-15-20)17-11-5-4-6-12-17/h4-6,11-12,16,18-19,21H,3,7-10,13-15H2,1-2H3. The molecule has 116 valence electrons. The van der Waals surface area contributed by atoms with E-state index in [1.54, 1.807) is 5.56 Å². The molecule has 0 radical (unpaired) electrons. The van der Waals surface area contributed by atoms with Crippen LogP contribution in [0.2, 0.25) is 0 Å². The van der Waals surface area contributed by atoms with E-state index in [1.807, 2.05) is 0 Å². The SMILES string of the molecule is CCC1CCCCC1C(NC)C1(c2ccccc2)CCC1. The molecule has 1 aromatic rings. The Labute approximate surface area is 130 Å². The minimum atomic E-state index is 0.408. The molecule has 2 aliphatic carbocycles. The predicted octanol–water partition coefficient (Wildman–Crippen LogP) is 4.91. The molecule has 1 aromatic carbocycles. The largest absolute Gasteiger partial charge is 0.316 e. The van der Waals surface area contributed by atoms with Gasteiger partial charge in [-0.2, -0.15) is 0 Å². The van der Waals surface area contributed by atoms with Gasteiger partial charge in [-0.3, -0.25) is 0 Å². The number of likely N-dealkylation sites (N-methyl/N-ethyl adjacent to an activating group) is 1. The smallest absolute Gasteiger partial charge is 0.0192 e. The second-order valence-electron chi connectivity index (χ2n) is 7.26. The van der Waals surface area contributed by atoms with E-state index in [-0.39, 0.29) is 0 Å². The van der Waals surface area contributed by atoms with Crippen LogP contribution in [0.4, 0.5) is 0 Å². The van der Waals surface area contributed by atoms with Crippen molar-refractivity contribution in [2.75, 3.05) is 7.05 Å². The summed E-state index contributed by atoms with van der Waals surface area (Å²) < 4.78 is 0. The summed E-state index contributed by atoms with van der Waals surface area (Å²) in [4.78, 5) is 0. The lowest BCUT2D eigenvalue weighted by Crippen LogP contribution is -2.57. The molecule has 3 atom stereocenters. The molecule has 1 heteroatoms. The topological polar surface area (TPSA) is 12.0 Å². The Bertz CT molecular complexity index is 434. The van der Waals surface area contributed by atoms with Crippen LogP contribution >= 0.6 is 0 Å². The van der Waals surface area contributed by atoms with Crippen LogP contribution in [-0.4, -0.2) is 13.1 Å². The summed E-state index contributed by atoms with van der Waals surface area (Å²) in [5.41, 5.74) is 1.99. The Morgan fingerprint density at radius 3 is 2.38 bits per heavy atom. The summed E-state index contributed by atoms with van der Waals surface area (Å²) in [7, 11) is 2.20. The van der Waals surface area contributed by atoms with Crippen molar-refractivity contribution in [1.29, 1.82) is 0 Å².